The van der Waals surface area contributed by atoms with Gasteiger partial charge >= 0.3 is 218 Å². The molecule has 201 valence electrons. The standard InChI is InChI=1S/3CH4FP.9CH4.9K.3N.9V/c3*1-3-2;;;;;;;;;;;;;;;;;;;;;;;;;;;;;;/h3*3H,1H3;9*1H4;;;;;;;;;;;;;;;;;;;;;/q;;;;;;;;;;;;;;;;;;3*+1;3*-1;;;;;;;;;. The van der Waals surface area contributed by atoms with Crippen LogP contribution in [0.4, 0.5) is 12.6 Å². The largest absolute Gasteiger partial charge is 0 e. The average molecular weight is 1190 g/mol. The van der Waals surface area contributed by atoms with Gasteiger partial charge in [-0.15, -0.1) is 0 Å². The second-order valence-corrected chi connectivity index (χ2v) is 1.70. The Morgan fingerprint density at radius 1 is 0.333 bits per heavy atom. The van der Waals surface area contributed by atoms with Crippen molar-refractivity contribution in [1.82, 2.24) is 0 Å². The normalized spacial score (nSPS) is 2.54. The molecule has 39 heavy (non-hydrogen) atoms. The maximum Gasteiger partial charge on any atom is 0 e. The SMILES string of the molecule is C.C.C.C.C.C.C.C.C.CPF.CPF.CPF.[K+].[K+].[K+].[K].[K].[K].[K].[K].[K].[N-]=[V].[N-]=[V].[N-]=[V].[V].[V].[V].[V].[V].[V]. The molecule has 0 aromatic rings. The van der Waals surface area contributed by atoms with Crippen LogP contribution in [0.1, 0.15) is 66.8 Å². The van der Waals surface area contributed by atoms with Crippen molar-refractivity contribution in [2.45, 2.75) is 66.8 Å². The van der Waals surface area contributed by atoms with Gasteiger partial charge in [0.2, 0.25) is 0 Å². The summed E-state index contributed by atoms with van der Waals surface area (Å²) in [6.07, 6.45) is 0. The molecule has 0 amide bonds. The van der Waals surface area contributed by atoms with Crippen molar-refractivity contribution in [1.29, 1.82) is 0 Å². The van der Waals surface area contributed by atoms with E-state index in [0.717, 1.165) is 0 Å². The third kappa shape index (κ3) is 445. The van der Waals surface area contributed by atoms with Crippen LogP contribution in [0.5, 0.6) is 0 Å². The van der Waals surface area contributed by atoms with Crippen molar-refractivity contribution in [2.75, 3.05) is 20.0 Å². The summed E-state index contributed by atoms with van der Waals surface area (Å²) in [6, 6.07) is 0. The Balaban J connectivity index is -0.000000000796. The van der Waals surface area contributed by atoms with Gasteiger partial charge in [0.15, 0.2) is 0 Å². The van der Waals surface area contributed by atoms with Gasteiger partial charge in [0.1, 0.15) is 0 Å². The topological polar surface area (TPSA) is 66.9 Å². The van der Waals surface area contributed by atoms with Crippen LogP contribution in [0.25, 0.3) is 12.6 Å². The fraction of sp³-hybridized carbons (Fsp3) is 1.00. The summed E-state index contributed by atoms with van der Waals surface area (Å²) in [5.41, 5.74) is 0. The van der Waals surface area contributed by atoms with E-state index in [1.54, 1.807) is 0 Å². The molecule has 0 fully saturated rings. The molecule has 0 aliphatic heterocycles. The van der Waals surface area contributed by atoms with Gasteiger partial charge in [0.05, 0.1) is 26.7 Å². The Bertz CT molecular complexity index is 113. The van der Waals surface area contributed by atoms with Crippen molar-refractivity contribution in [3.8, 4) is 0 Å². The van der Waals surface area contributed by atoms with E-state index in [0.29, 0.717) is 0 Å². The Morgan fingerprint density at radius 2 is 0.333 bits per heavy atom. The van der Waals surface area contributed by atoms with E-state index in [1.165, 1.54) is 71.7 Å². The van der Waals surface area contributed by atoms with E-state index < -0.39 is 26.7 Å². The van der Waals surface area contributed by atoms with Gasteiger partial charge in [0.25, 0.3) is 0 Å². The van der Waals surface area contributed by atoms with E-state index in [9.17, 15) is 12.6 Å². The van der Waals surface area contributed by atoms with Crippen LogP contribution in [0, 0.1) is 0 Å². The molecule has 0 aliphatic rings. The zero-order valence-corrected chi connectivity index (χ0v) is 63.7. The van der Waals surface area contributed by atoms with Crippen LogP contribution in [-0.4, -0.2) is 328 Å². The van der Waals surface area contributed by atoms with Crippen molar-refractivity contribution < 1.29 is 330 Å². The van der Waals surface area contributed by atoms with Crippen molar-refractivity contribution in [3.05, 3.63) is 12.6 Å². The van der Waals surface area contributed by atoms with E-state index in [1.807, 2.05) is 0 Å². The molecular weight excluding hydrogens is 1150 g/mol. The monoisotopic (exact) mass is 1190 g/mol. The summed E-state index contributed by atoms with van der Waals surface area (Å²) in [5.74, 6) is 0. The molecule has 12 radical (unpaired) electrons. The zero-order valence-electron chi connectivity index (χ0n) is 20.0. The minimum atomic E-state index is -0.417. The first kappa shape index (κ1) is 234. The molecular formula is C12H48F3K9N3P3V9. The van der Waals surface area contributed by atoms with Gasteiger partial charge in [-0.1, -0.05) is 66.8 Å². The Labute approximate surface area is 737 Å². The molecule has 0 bridgehead atoms. The van der Waals surface area contributed by atoms with Crippen molar-refractivity contribution in [3.63, 3.8) is 0 Å². The van der Waals surface area contributed by atoms with Gasteiger partial charge in [-0.05, 0) is 20.0 Å². The molecule has 3 unspecified atom stereocenters. The Hall–Kier alpha value is 20.5. The molecule has 0 aromatic carbocycles. The van der Waals surface area contributed by atoms with Gasteiger partial charge < -0.3 is 0 Å². The van der Waals surface area contributed by atoms with E-state index in [-0.39, 0.29) is 641 Å². The molecule has 0 spiro atoms. The summed E-state index contributed by atoms with van der Waals surface area (Å²) in [7, 11) is -1.25. The molecule has 0 aromatic heterocycles. The summed E-state index contributed by atoms with van der Waals surface area (Å²) >= 11 is 3.94. The van der Waals surface area contributed by atoms with Crippen molar-refractivity contribution in [2.24, 2.45) is 0 Å². The summed E-state index contributed by atoms with van der Waals surface area (Å²) in [5, 5.41) is 0. The number of nitrogens with zero attached hydrogens (tertiary/aromatic N) is 3. The summed E-state index contributed by atoms with van der Waals surface area (Å²) in [6.45, 7) is 4.46. The molecule has 3 nitrogen and oxygen atoms in total. The molecule has 0 saturated carbocycles. The van der Waals surface area contributed by atoms with Crippen molar-refractivity contribution >= 4 is 335 Å². The average Bonchev–Trinajstić information content (AvgIpc) is 2.29. The van der Waals surface area contributed by atoms with E-state index >= 15 is 0 Å². The fourth-order valence-corrected chi connectivity index (χ4v) is 0. The van der Waals surface area contributed by atoms with Gasteiger partial charge in [-0.2, -0.15) is 0 Å². The van der Waals surface area contributed by atoms with Crippen LogP contribution in [0.3, 0.4) is 0 Å². The second kappa shape index (κ2) is 351. The van der Waals surface area contributed by atoms with Crippen LogP contribution in [-0.2, 0) is 163 Å². The minimum absolute atomic E-state index is 0. The fourth-order valence-electron chi connectivity index (χ4n) is 0. The maximum absolute atomic E-state index is 10.3. The van der Waals surface area contributed by atoms with Crippen LogP contribution in [0.15, 0.2) is 0 Å². The zero-order chi connectivity index (χ0) is 14.1. The van der Waals surface area contributed by atoms with Gasteiger partial charge in [-0.3, -0.25) is 0 Å². The maximum atomic E-state index is 10.3. The molecule has 0 N–H and O–H groups in total. The molecule has 0 aliphatic carbocycles. The first-order chi connectivity index (χ1) is 7.24. The number of halogens is 3. The smallest absolute Gasteiger partial charge is 0 e. The Morgan fingerprint density at radius 3 is 0.333 bits per heavy atom. The van der Waals surface area contributed by atoms with Crippen LogP contribution >= 0.6 is 26.7 Å². The Kier molecular flexibility index (Phi) is 2100. The predicted octanol–water partition coefficient (Wildman–Crippen LogP) is -1.17. The molecule has 0 rings (SSSR count). The minimum Gasteiger partial charge on any atom is 0 e. The van der Waals surface area contributed by atoms with Crippen LogP contribution < -0.4 is 154 Å². The van der Waals surface area contributed by atoms with E-state index in [4.69, 9.17) is 12.6 Å². The number of rotatable bonds is 0. The summed E-state index contributed by atoms with van der Waals surface area (Å²) in [4.78, 5) is 0. The first-order valence-corrected chi connectivity index (χ1v) is 8.67. The molecule has 0 heterocycles. The van der Waals surface area contributed by atoms with E-state index in [2.05, 4.69) is 0 Å². The quantitative estimate of drug-likeness (QED) is 0.218. The van der Waals surface area contributed by atoms with Gasteiger partial charge in [-0.25, -0.2) is 12.6 Å². The third-order valence-electron chi connectivity index (χ3n) is 0. The second-order valence-electron chi connectivity index (χ2n) is 0.567. The molecule has 3 atom stereocenters. The predicted molar refractivity (Wildman–Crippen MR) is 151 cm³/mol. The summed E-state index contributed by atoms with van der Waals surface area (Å²) < 4.78 is 51.8. The molecule has 27 heteroatoms. The van der Waals surface area contributed by atoms with Crippen LogP contribution in [0.2, 0.25) is 0 Å². The van der Waals surface area contributed by atoms with Gasteiger partial charge in [0, 0.05) is 420 Å². The number of hydrogen-bond donors (Lipinski definition) is 0. The third-order valence-corrected chi connectivity index (χ3v) is 0. The molecule has 0 saturated heterocycles. The number of hydrogen-bond acceptors (Lipinski definition) is 0. The first-order valence-electron chi connectivity index (χ1n) is 2.67.